The van der Waals surface area contributed by atoms with Crippen LogP contribution in [-0.4, -0.2) is 21.0 Å². The van der Waals surface area contributed by atoms with E-state index in [0.29, 0.717) is 11.3 Å². The number of hydrogen-bond acceptors (Lipinski definition) is 8. The number of benzene rings is 1. The van der Waals surface area contributed by atoms with E-state index in [-0.39, 0.29) is 34.1 Å². The molecule has 0 spiro atoms. The number of furan rings is 2. The van der Waals surface area contributed by atoms with Crippen LogP contribution in [0.15, 0.2) is 62.0 Å². The van der Waals surface area contributed by atoms with Crippen molar-refractivity contribution in [3.05, 3.63) is 69.6 Å². The standard InChI is InChI=1S/C17H9ClN4O6/c18-10-4-3-9(8-11(10)22(24)25)12-5-6-13(27-12)15(23)19-17-21-20-16(28-17)14-2-1-7-26-14/h1-8H,(H,19,21,23). The fourth-order valence-electron chi connectivity index (χ4n) is 2.35. The number of anilines is 1. The van der Waals surface area contributed by atoms with Crippen molar-refractivity contribution in [3.8, 4) is 23.0 Å². The van der Waals surface area contributed by atoms with Crippen LogP contribution in [0.2, 0.25) is 5.02 Å². The summed E-state index contributed by atoms with van der Waals surface area (Å²) in [5.74, 6) is 0.0351. The molecule has 0 bridgehead atoms. The minimum atomic E-state index is -0.635. The lowest BCUT2D eigenvalue weighted by molar-refractivity contribution is -0.384. The summed E-state index contributed by atoms with van der Waals surface area (Å²) in [5.41, 5.74) is 0.130. The summed E-state index contributed by atoms with van der Waals surface area (Å²) in [5, 5.41) is 20.9. The van der Waals surface area contributed by atoms with E-state index in [4.69, 9.17) is 24.9 Å². The second kappa shape index (κ2) is 7.00. The maximum Gasteiger partial charge on any atom is 0.323 e. The van der Waals surface area contributed by atoms with Crippen molar-refractivity contribution in [2.45, 2.75) is 0 Å². The van der Waals surface area contributed by atoms with E-state index in [9.17, 15) is 14.9 Å². The summed E-state index contributed by atoms with van der Waals surface area (Å²) < 4.78 is 15.9. The predicted octanol–water partition coefficient (Wildman–Crippen LogP) is 4.40. The Balaban J connectivity index is 1.52. The maximum atomic E-state index is 12.3. The Bertz CT molecular complexity index is 1160. The summed E-state index contributed by atoms with van der Waals surface area (Å²) in [6.07, 6.45) is 1.45. The number of carbonyl (C=O) groups is 1. The molecule has 11 heteroatoms. The number of nitro groups is 1. The molecule has 4 aromatic rings. The van der Waals surface area contributed by atoms with Crippen molar-refractivity contribution in [2.24, 2.45) is 0 Å². The van der Waals surface area contributed by atoms with Gasteiger partial charge in [-0.25, -0.2) is 0 Å². The molecule has 10 nitrogen and oxygen atoms in total. The van der Waals surface area contributed by atoms with Crippen LogP contribution in [0.5, 0.6) is 0 Å². The topological polar surface area (TPSA) is 137 Å². The number of nitrogens with one attached hydrogen (secondary N) is 1. The number of carbonyl (C=O) groups excluding carboxylic acids is 1. The molecular weight excluding hydrogens is 392 g/mol. The lowest BCUT2D eigenvalue weighted by Crippen LogP contribution is -2.11. The van der Waals surface area contributed by atoms with Crippen molar-refractivity contribution >= 4 is 29.2 Å². The Morgan fingerprint density at radius 2 is 1.96 bits per heavy atom. The summed E-state index contributed by atoms with van der Waals surface area (Å²) >= 11 is 5.80. The summed E-state index contributed by atoms with van der Waals surface area (Å²) in [7, 11) is 0. The van der Waals surface area contributed by atoms with Crippen LogP contribution in [-0.2, 0) is 0 Å². The second-order valence-corrected chi connectivity index (χ2v) is 5.84. The molecule has 0 aliphatic heterocycles. The molecule has 0 atom stereocenters. The molecule has 0 unspecified atom stereocenters. The lowest BCUT2D eigenvalue weighted by Gasteiger charge is -2.00. The number of aromatic nitrogens is 2. The van der Waals surface area contributed by atoms with Crippen molar-refractivity contribution in [1.29, 1.82) is 0 Å². The minimum Gasteiger partial charge on any atom is -0.459 e. The van der Waals surface area contributed by atoms with E-state index in [1.165, 1.54) is 30.5 Å². The Kier molecular flexibility index (Phi) is 4.38. The lowest BCUT2D eigenvalue weighted by atomic mass is 10.1. The quantitative estimate of drug-likeness (QED) is 0.384. The van der Waals surface area contributed by atoms with Gasteiger partial charge in [-0.3, -0.25) is 20.2 Å². The van der Waals surface area contributed by atoms with Gasteiger partial charge in [-0.1, -0.05) is 16.7 Å². The normalized spacial score (nSPS) is 10.8. The molecule has 140 valence electrons. The fraction of sp³-hybridized carbons (Fsp3) is 0. The molecule has 1 aromatic carbocycles. The first-order chi connectivity index (χ1) is 13.5. The Morgan fingerprint density at radius 1 is 1.11 bits per heavy atom. The average molecular weight is 401 g/mol. The van der Waals surface area contributed by atoms with E-state index in [2.05, 4.69) is 15.5 Å². The minimum absolute atomic E-state index is 0.00188. The largest absolute Gasteiger partial charge is 0.459 e. The SMILES string of the molecule is O=C(Nc1nnc(-c2ccco2)o1)c1ccc(-c2ccc(Cl)c([N+](=O)[O-])c2)o1. The number of halogens is 1. The molecule has 1 amide bonds. The fourth-order valence-corrected chi connectivity index (χ4v) is 2.54. The van der Waals surface area contributed by atoms with Gasteiger partial charge in [0, 0.05) is 11.6 Å². The van der Waals surface area contributed by atoms with Crippen LogP contribution in [0.25, 0.3) is 23.0 Å². The predicted molar refractivity (Wildman–Crippen MR) is 95.8 cm³/mol. The van der Waals surface area contributed by atoms with Crippen molar-refractivity contribution in [3.63, 3.8) is 0 Å². The summed E-state index contributed by atoms with van der Waals surface area (Å²) in [6, 6.07) is 10.2. The zero-order valence-electron chi connectivity index (χ0n) is 13.8. The first kappa shape index (κ1) is 17.5. The molecule has 0 saturated carbocycles. The van der Waals surface area contributed by atoms with Gasteiger partial charge in [0.15, 0.2) is 11.5 Å². The molecule has 0 aliphatic carbocycles. The average Bonchev–Trinajstić information content (AvgIpc) is 3.42. The highest BCUT2D eigenvalue weighted by molar-refractivity contribution is 6.32. The molecule has 28 heavy (non-hydrogen) atoms. The third-order valence-electron chi connectivity index (χ3n) is 3.63. The first-order valence-electron chi connectivity index (χ1n) is 7.74. The second-order valence-electron chi connectivity index (χ2n) is 5.43. The highest BCUT2D eigenvalue weighted by Crippen LogP contribution is 2.31. The van der Waals surface area contributed by atoms with E-state index in [1.807, 2.05) is 0 Å². The zero-order chi connectivity index (χ0) is 19.7. The number of rotatable bonds is 5. The van der Waals surface area contributed by atoms with Gasteiger partial charge in [-0.15, -0.1) is 5.10 Å². The molecule has 4 rings (SSSR count). The summed E-state index contributed by atoms with van der Waals surface area (Å²) in [6.45, 7) is 0. The maximum absolute atomic E-state index is 12.3. The van der Waals surface area contributed by atoms with Crippen molar-refractivity contribution in [1.82, 2.24) is 10.2 Å². The van der Waals surface area contributed by atoms with Gasteiger partial charge in [0.05, 0.1) is 11.2 Å². The molecule has 1 N–H and O–H groups in total. The van der Waals surface area contributed by atoms with Crippen LogP contribution in [0.4, 0.5) is 11.7 Å². The number of nitrogens with zero attached hydrogens (tertiary/aromatic N) is 3. The van der Waals surface area contributed by atoms with Gasteiger partial charge in [-0.2, -0.15) is 0 Å². The van der Waals surface area contributed by atoms with Crippen LogP contribution in [0.1, 0.15) is 10.6 Å². The van der Waals surface area contributed by atoms with Crippen LogP contribution >= 0.6 is 11.6 Å². The van der Waals surface area contributed by atoms with Gasteiger partial charge >= 0.3 is 6.01 Å². The zero-order valence-corrected chi connectivity index (χ0v) is 14.5. The van der Waals surface area contributed by atoms with Crippen molar-refractivity contribution in [2.75, 3.05) is 5.32 Å². The van der Waals surface area contributed by atoms with Gasteiger partial charge < -0.3 is 13.3 Å². The number of nitro benzene ring substituents is 1. The van der Waals surface area contributed by atoms with Gasteiger partial charge in [0.1, 0.15) is 10.8 Å². The van der Waals surface area contributed by atoms with E-state index >= 15 is 0 Å². The highest BCUT2D eigenvalue weighted by Gasteiger charge is 2.19. The molecule has 0 saturated heterocycles. The number of amides is 1. The summed E-state index contributed by atoms with van der Waals surface area (Å²) in [4.78, 5) is 22.7. The van der Waals surface area contributed by atoms with Crippen LogP contribution in [0, 0.1) is 10.1 Å². The third-order valence-corrected chi connectivity index (χ3v) is 3.95. The monoisotopic (exact) mass is 400 g/mol. The molecule has 0 fully saturated rings. The smallest absolute Gasteiger partial charge is 0.323 e. The first-order valence-corrected chi connectivity index (χ1v) is 8.12. The Hall–Kier alpha value is -3.92. The molecule has 0 radical (unpaired) electrons. The van der Waals surface area contributed by atoms with Gasteiger partial charge in [0.25, 0.3) is 17.5 Å². The highest BCUT2D eigenvalue weighted by atomic mass is 35.5. The van der Waals surface area contributed by atoms with E-state index in [0.717, 1.165) is 0 Å². The van der Waals surface area contributed by atoms with Gasteiger partial charge in [0.2, 0.25) is 0 Å². The Morgan fingerprint density at radius 3 is 2.71 bits per heavy atom. The molecule has 3 aromatic heterocycles. The third kappa shape index (κ3) is 3.35. The van der Waals surface area contributed by atoms with Crippen LogP contribution in [0.3, 0.4) is 0 Å². The molecule has 3 heterocycles. The van der Waals surface area contributed by atoms with Crippen molar-refractivity contribution < 1.29 is 23.0 Å². The molecular formula is C17H9ClN4O6. The van der Waals surface area contributed by atoms with E-state index in [1.54, 1.807) is 18.2 Å². The van der Waals surface area contributed by atoms with E-state index < -0.39 is 10.8 Å². The van der Waals surface area contributed by atoms with Crippen LogP contribution < -0.4 is 5.32 Å². The Labute approximate surface area is 160 Å². The van der Waals surface area contributed by atoms with Gasteiger partial charge in [-0.05, 0) is 36.4 Å². The molecule has 0 aliphatic rings. The number of hydrogen-bond donors (Lipinski definition) is 1.